The molecule has 252 valence electrons. The molecule has 9 aromatic carbocycles. The van der Waals surface area contributed by atoms with Crippen molar-refractivity contribution in [1.29, 1.82) is 0 Å². The van der Waals surface area contributed by atoms with Crippen molar-refractivity contribution in [2.24, 2.45) is 9.98 Å². The first-order valence-electron chi connectivity index (χ1n) is 17.3. The summed E-state index contributed by atoms with van der Waals surface area (Å²) in [5.41, 5.74) is 6.14. The monoisotopic (exact) mass is 768 g/mol. The molecule has 51 heavy (non-hydrogen) atoms. The maximum absolute atomic E-state index is 4.78. The van der Waals surface area contributed by atoms with Crippen LogP contribution in [-0.4, -0.2) is 25.5 Å². The molecule has 0 atom stereocenters. The van der Waals surface area contributed by atoms with Crippen LogP contribution in [0.4, 0.5) is 0 Å². The Balaban J connectivity index is 0.000000268. The van der Waals surface area contributed by atoms with Gasteiger partial charge >= 0.3 is 27.0 Å². The average Bonchev–Trinajstić information content (AvgIpc) is 3.15. The van der Waals surface area contributed by atoms with E-state index in [1.807, 2.05) is 29.7 Å². The Morgan fingerprint density at radius 2 is 0.961 bits per heavy atom. The van der Waals surface area contributed by atoms with Gasteiger partial charge in [0.25, 0.3) is 0 Å². The molecule has 9 rings (SSSR count). The van der Waals surface area contributed by atoms with Crippen LogP contribution in [0.2, 0.25) is 0 Å². The summed E-state index contributed by atoms with van der Waals surface area (Å²) in [6, 6.07) is 46.0. The Hall–Kier alpha value is -4.82. The van der Waals surface area contributed by atoms with Gasteiger partial charge in [-0.05, 0) is 76.8 Å². The normalized spacial score (nSPS) is 11.9. The first-order valence-corrected chi connectivity index (χ1v) is 19.6. The Morgan fingerprint density at radius 1 is 0.549 bits per heavy atom. The van der Waals surface area contributed by atoms with Crippen molar-refractivity contribution in [1.82, 2.24) is 0 Å². The van der Waals surface area contributed by atoms with E-state index in [-0.39, 0.29) is 0 Å². The van der Waals surface area contributed by atoms with Crippen LogP contribution in [0.5, 0.6) is 0 Å². The third-order valence-corrected chi connectivity index (χ3v) is 9.82. The zero-order valence-electron chi connectivity index (χ0n) is 29.1. The van der Waals surface area contributed by atoms with Gasteiger partial charge < -0.3 is 0 Å². The molecule has 0 bridgehead atoms. The molecule has 0 aromatic heterocycles. The van der Waals surface area contributed by atoms with Crippen LogP contribution in [0.1, 0.15) is 47.6 Å². The summed E-state index contributed by atoms with van der Waals surface area (Å²) in [6.07, 6.45) is 4.05. The van der Waals surface area contributed by atoms with Crippen LogP contribution >= 0.6 is 9.69 Å². The summed E-state index contributed by atoms with van der Waals surface area (Å²) in [6.45, 7) is 11.8. The fraction of sp³-hybridized carbons (Fsp3) is 0.128. The van der Waals surface area contributed by atoms with Crippen molar-refractivity contribution >= 4 is 86.8 Å². The molecule has 0 amide bonds. The molecule has 0 aliphatic rings. The van der Waals surface area contributed by atoms with E-state index >= 15 is 0 Å². The number of benzene rings is 9. The number of rotatable bonds is 6. The van der Waals surface area contributed by atoms with Gasteiger partial charge in [0.05, 0.1) is 13.1 Å². The van der Waals surface area contributed by atoms with Gasteiger partial charge in [0, 0.05) is 23.6 Å². The molecule has 0 unspecified atom stereocenters. The third kappa shape index (κ3) is 6.82. The molecule has 0 saturated carbocycles. The van der Waals surface area contributed by atoms with E-state index in [4.69, 9.17) is 9.98 Å². The van der Waals surface area contributed by atoms with Crippen LogP contribution in [0.3, 0.4) is 0 Å². The zero-order valence-corrected chi connectivity index (χ0v) is 31.6. The molecule has 0 heterocycles. The maximum atomic E-state index is 4.78. The van der Waals surface area contributed by atoms with Crippen molar-refractivity contribution in [3.63, 3.8) is 0 Å². The van der Waals surface area contributed by atoms with Gasteiger partial charge in [-0.15, -0.1) is 17.2 Å². The van der Waals surface area contributed by atoms with Crippen LogP contribution in [0.15, 0.2) is 137 Å². The van der Waals surface area contributed by atoms with E-state index in [9.17, 15) is 0 Å². The summed E-state index contributed by atoms with van der Waals surface area (Å²) in [7, 11) is 4.57. The second kappa shape index (κ2) is 15.2. The molecule has 0 radical (unpaired) electrons. The second-order valence-electron chi connectivity index (χ2n) is 13.5. The quantitative estimate of drug-likeness (QED) is 0.0529. The Kier molecular flexibility index (Phi) is 10.3. The molecular weight excluding hydrogens is 729 g/mol. The van der Waals surface area contributed by atoms with Crippen molar-refractivity contribution in [3.05, 3.63) is 162 Å². The Bertz CT molecular complexity index is 2510. The van der Waals surface area contributed by atoms with Gasteiger partial charge in [-0.25, -0.2) is 0 Å². The van der Waals surface area contributed by atoms with E-state index in [0.717, 1.165) is 11.1 Å². The average molecular weight is 768 g/mol. The van der Waals surface area contributed by atoms with Gasteiger partial charge in [-0.3, -0.25) is 9.98 Å². The fourth-order valence-electron chi connectivity index (χ4n) is 7.53. The molecule has 0 aliphatic heterocycles. The van der Waals surface area contributed by atoms with Crippen LogP contribution in [0.25, 0.3) is 64.6 Å². The van der Waals surface area contributed by atoms with Crippen molar-refractivity contribution in [2.75, 3.05) is 13.1 Å². The molecule has 0 aliphatic carbocycles. The van der Waals surface area contributed by atoms with E-state index in [1.54, 1.807) is 0 Å². The van der Waals surface area contributed by atoms with E-state index in [0.29, 0.717) is 19.0 Å². The third-order valence-electron chi connectivity index (χ3n) is 9.82. The van der Waals surface area contributed by atoms with Crippen molar-refractivity contribution < 1.29 is 17.3 Å². The minimum absolute atomic E-state index is 0.586. The first-order chi connectivity index (χ1) is 25.0. The molecule has 9 aromatic rings. The number of hydrogen-bond acceptors (Lipinski definition) is 2. The number of nitrogens with zero attached hydrogens (tertiary/aromatic N) is 2. The summed E-state index contributed by atoms with van der Waals surface area (Å²) in [5.74, 6) is 0.586. The number of aliphatic imine (C=N–C) groups is 2. The van der Waals surface area contributed by atoms with Gasteiger partial charge in [0.2, 0.25) is 0 Å². The van der Waals surface area contributed by atoms with Crippen LogP contribution < -0.4 is 0 Å². The van der Waals surface area contributed by atoms with Gasteiger partial charge in [-0.2, -0.15) is 18.6 Å². The SMILES string of the molecule is C(=NCCN=Cc1cc2cccc3ccc4cccc1c4c32)c1cc2cccc3ccc4cccc1c4c32.[CH2-]c1cc(C)ccc1C(C)C.[Cl][Ru+]. The molecule has 0 fully saturated rings. The predicted octanol–water partition coefficient (Wildman–Crippen LogP) is 13.0. The molecule has 0 saturated heterocycles. The summed E-state index contributed by atoms with van der Waals surface area (Å²) < 4.78 is 0. The zero-order chi connectivity index (χ0) is 35.5. The standard InChI is InChI=1S/C36H24N2.C11H15.ClH.Ru/c1-5-23-13-15-25-7-3-11-31-29(19-27(9-1)33(23)35(25)31)21-37-17-18-38-22-30-20-28-10-2-6-24-14-16-26-8-4-12-32(30)36(26)34(24)28;1-8(2)11-6-5-9(3)7-10(11)4;;/h1-16,19-22H,17-18H2;5-8H,4H2,1-3H3;1H;/q;-1;;+2/p-1. The van der Waals surface area contributed by atoms with E-state index in [1.165, 1.54) is 81.3 Å². The minimum atomic E-state index is 0.586. The van der Waals surface area contributed by atoms with Crippen LogP contribution in [0, 0.1) is 13.8 Å². The molecular formula is C47H39ClN2Ru. The second-order valence-corrected chi connectivity index (χ2v) is 13.5. The number of hydrogen-bond donors (Lipinski definition) is 0. The number of halogens is 1. The molecule has 0 spiro atoms. The van der Waals surface area contributed by atoms with Gasteiger partial charge in [0.1, 0.15) is 0 Å². The topological polar surface area (TPSA) is 24.7 Å². The van der Waals surface area contributed by atoms with Gasteiger partial charge in [-0.1, -0.05) is 130 Å². The fourth-order valence-corrected chi connectivity index (χ4v) is 7.53. The van der Waals surface area contributed by atoms with Crippen molar-refractivity contribution in [3.8, 4) is 0 Å². The van der Waals surface area contributed by atoms with Gasteiger partial charge in [0.15, 0.2) is 0 Å². The van der Waals surface area contributed by atoms with Crippen molar-refractivity contribution in [2.45, 2.75) is 26.7 Å². The molecule has 0 N–H and O–H groups in total. The first kappa shape index (κ1) is 34.6. The summed E-state index contributed by atoms with van der Waals surface area (Å²) in [5, 5.41) is 15.5. The van der Waals surface area contributed by atoms with E-state index in [2.05, 4.69) is 165 Å². The molecule has 4 heteroatoms. The molecule has 2 nitrogen and oxygen atoms in total. The summed E-state index contributed by atoms with van der Waals surface area (Å²) >= 11 is 1.82. The van der Waals surface area contributed by atoms with E-state index < -0.39 is 0 Å². The summed E-state index contributed by atoms with van der Waals surface area (Å²) in [4.78, 5) is 9.56. The van der Waals surface area contributed by atoms with Crippen LogP contribution in [-0.2, 0) is 17.3 Å². The number of aryl methyl sites for hydroxylation is 1. The Labute approximate surface area is 314 Å². The Morgan fingerprint density at radius 3 is 1.39 bits per heavy atom. The predicted molar refractivity (Wildman–Crippen MR) is 221 cm³/mol.